The van der Waals surface area contributed by atoms with Crippen molar-refractivity contribution in [2.24, 2.45) is 5.73 Å². The van der Waals surface area contributed by atoms with Crippen molar-refractivity contribution in [2.75, 3.05) is 31.8 Å². The van der Waals surface area contributed by atoms with Gasteiger partial charge in [0.25, 0.3) is 11.6 Å². The standard InChI is InChI=1S/C19H20N4O6S/c1-22(2)18(25)10-29-14-6-4-13(5-7-14)21-17(24)11-30-16-8-3-12(19(20)26)9-15(16)23(27)28/h3-9H,10-11H2,1-2H3,(H2,20,26)(H,21,24). The van der Waals surface area contributed by atoms with Crippen LogP contribution in [0.15, 0.2) is 47.4 Å². The number of nitro benzene ring substituents is 1. The molecule has 0 aromatic heterocycles. The summed E-state index contributed by atoms with van der Waals surface area (Å²) in [5, 5.41) is 13.9. The molecular formula is C19H20N4O6S. The number of benzene rings is 2. The van der Waals surface area contributed by atoms with Gasteiger partial charge in [0, 0.05) is 31.4 Å². The van der Waals surface area contributed by atoms with Crippen molar-refractivity contribution in [1.82, 2.24) is 4.90 Å². The van der Waals surface area contributed by atoms with Gasteiger partial charge in [-0.25, -0.2) is 0 Å². The van der Waals surface area contributed by atoms with Crippen LogP contribution in [0.1, 0.15) is 10.4 Å². The maximum Gasteiger partial charge on any atom is 0.283 e. The van der Waals surface area contributed by atoms with Crippen molar-refractivity contribution in [3.05, 3.63) is 58.1 Å². The Labute approximate surface area is 176 Å². The summed E-state index contributed by atoms with van der Waals surface area (Å²) in [6.07, 6.45) is 0. The summed E-state index contributed by atoms with van der Waals surface area (Å²) in [6, 6.07) is 10.3. The Morgan fingerprint density at radius 2 is 1.83 bits per heavy atom. The van der Waals surface area contributed by atoms with Crippen LogP contribution in [-0.2, 0) is 9.59 Å². The van der Waals surface area contributed by atoms with E-state index in [9.17, 15) is 24.5 Å². The lowest BCUT2D eigenvalue weighted by molar-refractivity contribution is -0.387. The minimum Gasteiger partial charge on any atom is -0.484 e. The monoisotopic (exact) mass is 432 g/mol. The Hall–Kier alpha value is -3.60. The van der Waals surface area contributed by atoms with Crippen molar-refractivity contribution >= 4 is 40.9 Å². The summed E-state index contributed by atoms with van der Waals surface area (Å²) >= 11 is 0.968. The van der Waals surface area contributed by atoms with Gasteiger partial charge in [0.1, 0.15) is 5.75 Å². The van der Waals surface area contributed by atoms with E-state index in [1.807, 2.05) is 0 Å². The van der Waals surface area contributed by atoms with Crippen LogP contribution in [0, 0.1) is 10.1 Å². The minimum atomic E-state index is -0.772. The Morgan fingerprint density at radius 1 is 1.17 bits per heavy atom. The summed E-state index contributed by atoms with van der Waals surface area (Å²) in [4.78, 5) is 47.1. The maximum atomic E-state index is 12.2. The molecule has 0 bridgehead atoms. The van der Waals surface area contributed by atoms with Crippen molar-refractivity contribution in [1.29, 1.82) is 0 Å². The second kappa shape index (κ2) is 10.3. The maximum absolute atomic E-state index is 12.2. The number of carbonyl (C=O) groups is 3. The number of carbonyl (C=O) groups excluding carboxylic acids is 3. The third-order valence-electron chi connectivity index (χ3n) is 3.80. The average molecular weight is 432 g/mol. The fraction of sp³-hybridized carbons (Fsp3) is 0.211. The number of amides is 3. The highest BCUT2D eigenvalue weighted by atomic mass is 32.2. The summed E-state index contributed by atoms with van der Waals surface area (Å²) in [5.74, 6) is -0.924. The Kier molecular flexibility index (Phi) is 7.76. The van der Waals surface area contributed by atoms with E-state index in [2.05, 4.69) is 5.32 Å². The van der Waals surface area contributed by atoms with Gasteiger partial charge in [0.05, 0.1) is 15.6 Å². The van der Waals surface area contributed by atoms with Crippen LogP contribution in [0.25, 0.3) is 0 Å². The fourth-order valence-corrected chi connectivity index (χ4v) is 2.99. The molecule has 0 aliphatic rings. The van der Waals surface area contributed by atoms with E-state index in [0.29, 0.717) is 11.4 Å². The van der Waals surface area contributed by atoms with Crippen LogP contribution in [-0.4, -0.2) is 54.0 Å². The summed E-state index contributed by atoms with van der Waals surface area (Å²) in [5.41, 5.74) is 5.37. The number of rotatable bonds is 9. The highest BCUT2D eigenvalue weighted by Crippen LogP contribution is 2.30. The number of primary amides is 1. The smallest absolute Gasteiger partial charge is 0.283 e. The van der Waals surface area contributed by atoms with Gasteiger partial charge in [-0.3, -0.25) is 24.5 Å². The molecule has 0 spiro atoms. The van der Waals surface area contributed by atoms with Gasteiger partial charge in [-0.05, 0) is 36.4 Å². The van der Waals surface area contributed by atoms with Gasteiger partial charge in [0.2, 0.25) is 11.8 Å². The van der Waals surface area contributed by atoms with Crippen molar-refractivity contribution in [3.63, 3.8) is 0 Å². The van der Waals surface area contributed by atoms with E-state index in [0.717, 1.165) is 17.8 Å². The molecule has 2 aromatic carbocycles. The lowest BCUT2D eigenvalue weighted by Gasteiger charge is -2.11. The van der Waals surface area contributed by atoms with Crippen LogP contribution in [0.5, 0.6) is 5.75 Å². The lowest BCUT2D eigenvalue weighted by Crippen LogP contribution is -2.27. The first kappa shape index (κ1) is 22.7. The predicted molar refractivity (Wildman–Crippen MR) is 112 cm³/mol. The highest BCUT2D eigenvalue weighted by molar-refractivity contribution is 8.00. The first-order chi connectivity index (χ1) is 14.2. The van der Waals surface area contributed by atoms with Crippen LogP contribution < -0.4 is 15.8 Å². The van der Waals surface area contributed by atoms with Gasteiger partial charge in [-0.15, -0.1) is 11.8 Å². The number of nitro groups is 1. The van der Waals surface area contributed by atoms with Gasteiger partial charge in [-0.2, -0.15) is 0 Å². The zero-order valence-corrected chi connectivity index (χ0v) is 17.1. The number of nitrogens with zero attached hydrogens (tertiary/aromatic N) is 2. The molecule has 3 amide bonds. The predicted octanol–water partition coefficient (Wildman–Crippen LogP) is 1.89. The van der Waals surface area contributed by atoms with Crippen LogP contribution in [0.3, 0.4) is 0 Å². The third-order valence-corrected chi connectivity index (χ3v) is 4.86. The first-order valence-electron chi connectivity index (χ1n) is 8.61. The van der Waals surface area contributed by atoms with E-state index in [1.54, 1.807) is 38.4 Å². The zero-order chi connectivity index (χ0) is 22.3. The molecule has 0 heterocycles. The van der Waals surface area contributed by atoms with Crippen LogP contribution in [0.2, 0.25) is 0 Å². The second-order valence-corrected chi connectivity index (χ2v) is 7.26. The Balaban J connectivity index is 1.93. The Bertz CT molecular complexity index is 962. The van der Waals surface area contributed by atoms with Crippen LogP contribution in [0.4, 0.5) is 11.4 Å². The molecular weight excluding hydrogens is 412 g/mol. The summed E-state index contributed by atoms with van der Waals surface area (Å²) in [7, 11) is 3.26. The van der Waals surface area contributed by atoms with Crippen molar-refractivity contribution in [3.8, 4) is 5.75 Å². The average Bonchev–Trinajstić information content (AvgIpc) is 2.71. The third kappa shape index (κ3) is 6.48. The Morgan fingerprint density at radius 3 is 2.40 bits per heavy atom. The minimum absolute atomic E-state index is 0.0186. The van der Waals surface area contributed by atoms with Gasteiger partial charge in [0.15, 0.2) is 6.61 Å². The summed E-state index contributed by atoms with van der Waals surface area (Å²) in [6.45, 7) is -0.0946. The van der Waals surface area contributed by atoms with E-state index in [1.165, 1.54) is 17.0 Å². The van der Waals surface area contributed by atoms with Crippen molar-refractivity contribution < 1.29 is 24.0 Å². The zero-order valence-electron chi connectivity index (χ0n) is 16.3. The number of thioether (sulfide) groups is 1. The summed E-state index contributed by atoms with van der Waals surface area (Å²) < 4.78 is 5.35. The van der Waals surface area contributed by atoms with E-state index in [-0.39, 0.29) is 40.3 Å². The van der Waals surface area contributed by atoms with Crippen LogP contribution >= 0.6 is 11.8 Å². The molecule has 158 valence electrons. The molecule has 0 unspecified atom stereocenters. The van der Waals surface area contributed by atoms with Gasteiger partial charge >= 0.3 is 0 Å². The van der Waals surface area contributed by atoms with E-state index >= 15 is 0 Å². The molecule has 0 aliphatic carbocycles. The van der Waals surface area contributed by atoms with Gasteiger partial charge in [-0.1, -0.05) is 0 Å². The normalized spacial score (nSPS) is 10.2. The SMILES string of the molecule is CN(C)C(=O)COc1ccc(NC(=O)CSc2ccc(C(N)=O)cc2[N+](=O)[O-])cc1. The number of likely N-dealkylation sites (N-methyl/N-ethyl adjacent to an activating group) is 1. The molecule has 11 heteroatoms. The second-order valence-electron chi connectivity index (χ2n) is 6.24. The van der Waals surface area contributed by atoms with Crippen molar-refractivity contribution in [2.45, 2.75) is 4.90 Å². The molecule has 0 saturated heterocycles. The molecule has 0 fully saturated rings. The number of hydrogen-bond donors (Lipinski definition) is 2. The lowest BCUT2D eigenvalue weighted by atomic mass is 10.2. The number of nitrogens with one attached hydrogen (secondary N) is 1. The quantitative estimate of drug-likeness (QED) is 0.350. The molecule has 0 atom stereocenters. The fourth-order valence-electron chi connectivity index (χ4n) is 2.18. The number of hydrogen-bond acceptors (Lipinski definition) is 7. The van der Waals surface area contributed by atoms with Gasteiger partial charge < -0.3 is 20.7 Å². The topological polar surface area (TPSA) is 145 Å². The molecule has 3 N–H and O–H groups in total. The van der Waals surface area contributed by atoms with E-state index in [4.69, 9.17) is 10.5 Å². The number of nitrogens with two attached hydrogens (primary N) is 1. The molecule has 30 heavy (non-hydrogen) atoms. The van der Waals surface area contributed by atoms with E-state index < -0.39 is 10.8 Å². The molecule has 0 saturated carbocycles. The molecule has 0 aliphatic heterocycles. The first-order valence-corrected chi connectivity index (χ1v) is 9.60. The number of anilines is 1. The number of ether oxygens (including phenoxy) is 1. The highest BCUT2D eigenvalue weighted by Gasteiger charge is 2.18. The molecule has 10 nitrogen and oxygen atoms in total. The molecule has 2 rings (SSSR count). The largest absolute Gasteiger partial charge is 0.484 e. The molecule has 0 radical (unpaired) electrons. The molecule has 2 aromatic rings.